The van der Waals surface area contributed by atoms with Crippen molar-refractivity contribution in [1.29, 1.82) is 0 Å². The van der Waals surface area contributed by atoms with Gasteiger partial charge >= 0.3 is 0 Å². The molecule has 0 atom stereocenters. The number of rotatable bonds is 5. The zero-order valence-corrected chi connectivity index (χ0v) is 10.1. The monoisotopic (exact) mass is 221 g/mol. The van der Waals surface area contributed by atoms with Gasteiger partial charge in [0, 0.05) is 23.2 Å². The molecule has 0 aliphatic carbocycles. The van der Waals surface area contributed by atoms with E-state index in [1.807, 2.05) is 13.8 Å². The van der Waals surface area contributed by atoms with E-state index in [4.69, 9.17) is 10.5 Å². The Labute approximate surface area is 96.6 Å². The summed E-state index contributed by atoms with van der Waals surface area (Å²) in [5.74, 6) is 0.874. The summed E-state index contributed by atoms with van der Waals surface area (Å²) >= 11 is 0. The Morgan fingerprint density at radius 1 is 1.38 bits per heavy atom. The van der Waals surface area contributed by atoms with Crippen LogP contribution in [0.3, 0.4) is 0 Å². The Balaban J connectivity index is 3.00. The lowest BCUT2D eigenvalue weighted by atomic mass is 9.92. The molecule has 0 bridgehead atoms. The molecule has 0 unspecified atom stereocenters. The second-order valence-corrected chi connectivity index (χ2v) is 3.83. The van der Waals surface area contributed by atoms with Crippen LogP contribution in [0.15, 0.2) is 18.2 Å². The fourth-order valence-electron chi connectivity index (χ4n) is 1.77. The Hall–Kier alpha value is -1.51. The quantitative estimate of drug-likeness (QED) is 0.614. The molecular formula is C13H19NO2. The minimum absolute atomic E-state index is 0.0655. The van der Waals surface area contributed by atoms with Crippen LogP contribution < -0.4 is 10.5 Å². The summed E-state index contributed by atoms with van der Waals surface area (Å²) in [6.07, 6.45) is 1.70. The highest BCUT2D eigenvalue weighted by Gasteiger charge is 2.18. The van der Waals surface area contributed by atoms with Crippen LogP contribution >= 0.6 is 0 Å². The topological polar surface area (TPSA) is 52.3 Å². The maximum Gasteiger partial charge on any atom is 0.167 e. The molecule has 2 N–H and O–H groups in total. The predicted molar refractivity (Wildman–Crippen MR) is 65.8 cm³/mol. The summed E-state index contributed by atoms with van der Waals surface area (Å²) < 4.78 is 5.05. The number of benzene rings is 1. The summed E-state index contributed by atoms with van der Waals surface area (Å²) in [5, 5.41) is 0. The lowest BCUT2D eigenvalue weighted by Crippen LogP contribution is -2.14. The van der Waals surface area contributed by atoms with Crippen molar-refractivity contribution in [3.8, 4) is 5.75 Å². The number of carbonyl (C=O) groups is 1. The Morgan fingerprint density at radius 3 is 2.44 bits per heavy atom. The van der Waals surface area contributed by atoms with Crippen LogP contribution in [0.5, 0.6) is 5.75 Å². The molecule has 0 aliphatic rings. The maximum atomic E-state index is 12.1. The van der Waals surface area contributed by atoms with Crippen LogP contribution in [0.1, 0.15) is 37.0 Å². The Kier molecular flexibility index (Phi) is 4.35. The van der Waals surface area contributed by atoms with E-state index in [-0.39, 0.29) is 11.7 Å². The van der Waals surface area contributed by atoms with Crippen molar-refractivity contribution >= 4 is 11.5 Å². The molecule has 1 aromatic rings. The van der Waals surface area contributed by atoms with Gasteiger partial charge in [-0.25, -0.2) is 0 Å². The highest BCUT2D eigenvalue weighted by atomic mass is 16.5. The average molecular weight is 221 g/mol. The third kappa shape index (κ3) is 2.54. The van der Waals surface area contributed by atoms with E-state index < -0.39 is 0 Å². The fraction of sp³-hybridized carbons (Fsp3) is 0.462. The van der Waals surface area contributed by atoms with Crippen LogP contribution in [0.4, 0.5) is 5.69 Å². The van der Waals surface area contributed by atoms with Gasteiger partial charge in [-0.1, -0.05) is 13.8 Å². The Morgan fingerprint density at radius 2 is 2.00 bits per heavy atom. The zero-order valence-electron chi connectivity index (χ0n) is 10.1. The first kappa shape index (κ1) is 12.6. The smallest absolute Gasteiger partial charge is 0.167 e. The number of nitrogens with two attached hydrogens (primary N) is 1. The normalized spacial score (nSPS) is 10.5. The second kappa shape index (κ2) is 5.54. The van der Waals surface area contributed by atoms with Gasteiger partial charge in [0.05, 0.1) is 7.11 Å². The predicted octanol–water partition coefficient (Wildman–Crippen LogP) is 2.90. The number of Topliss-reactive ketones (excluding diaryl/α,β-unsaturated/α-hetero) is 1. The first-order chi connectivity index (χ1) is 7.63. The van der Waals surface area contributed by atoms with Gasteiger partial charge in [0.15, 0.2) is 5.78 Å². The third-order valence-electron chi connectivity index (χ3n) is 2.88. The van der Waals surface area contributed by atoms with Crippen molar-refractivity contribution in [2.24, 2.45) is 5.92 Å². The van der Waals surface area contributed by atoms with Crippen LogP contribution in [-0.4, -0.2) is 12.9 Å². The number of nitrogen functional groups attached to an aromatic ring is 1. The van der Waals surface area contributed by atoms with Gasteiger partial charge < -0.3 is 10.5 Å². The number of ketones is 1. The molecule has 0 aliphatic heterocycles. The van der Waals surface area contributed by atoms with Gasteiger partial charge in [0.25, 0.3) is 0 Å². The molecule has 3 nitrogen and oxygen atoms in total. The summed E-state index contributed by atoms with van der Waals surface area (Å²) in [7, 11) is 1.58. The first-order valence-corrected chi connectivity index (χ1v) is 5.61. The van der Waals surface area contributed by atoms with E-state index in [1.54, 1.807) is 25.3 Å². The van der Waals surface area contributed by atoms with Crippen LogP contribution in [0, 0.1) is 5.92 Å². The third-order valence-corrected chi connectivity index (χ3v) is 2.88. The van der Waals surface area contributed by atoms with E-state index in [1.165, 1.54) is 0 Å². The number of anilines is 1. The van der Waals surface area contributed by atoms with Crippen molar-refractivity contribution in [2.45, 2.75) is 26.7 Å². The number of hydrogen-bond acceptors (Lipinski definition) is 3. The van der Waals surface area contributed by atoms with Gasteiger partial charge in [-0.05, 0) is 25.0 Å². The highest BCUT2D eigenvalue weighted by molar-refractivity contribution is 6.02. The minimum Gasteiger partial charge on any atom is -0.497 e. The van der Waals surface area contributed by atoms with Gasteiger partial charge in [0.1, 0.15) is 5.75 Å². The van der Waals surface area contributed by atoms with Crippen molar-refractivity contribution < 1.29 is 9.53 Å². The standard InChI is InChI=1S/C13H19NO2/c1-4-9(5-2)13(15)11-7-6-10(16-3)8-12(11)14/h6-9H,4-5,14H2,1-3H3. The number of ether oxygens (including phenoxy) is 1. The summed E-state index contributed by atoms with van der Waals surface area (Å²) in [4.78, 5) is 12.1. The van der Waals surface area contributed by atoms with Crippen LogP contribution in [0.25, 0.3) is 0 Å². The Bertz CT molecular complexity index is 370. The van der Waals surface area contributed by atoms with E-state index in [0.717, 1.165) is 12.8 Å². The molecule has 0 heterocycles. The first-order valence-electron chi connectivity index (χ1n) is 5.61. The van der Waals surface area contributed by atoms with Gasteiger partial charge in [-0.3, -0.25) is 4.79 Å². The van der Waals surface area contributed by atoms with Gasteiger partial charge in [-0.15, -0.1) is 0 Å². The fourth-order valence-corrected chi connectivity index (χ4v) is 1.77. The molecule has 3 heteroatoms. The van der Waals surface area contributed by atoms with E-state index in [9.17, 15) is 4.79 Å². The SMILES string of the molecule is CCC(CC)C(=O)c1ccc(OC)cc1N. The molecule has 1 rings (SSSR count). The number of hydrogen-bond donors (Lipinski definition) is 1. The highest BCUT2D eigenvalue weighted by Crippen LogP contribution is 2.24. The number of carbonyl (C=O) groups excluding carboxylic acids is 1. The molecule has 1 aromatic carbocycles. The van der Waals surface area contributed by atoms with E-state index >= 15 is 0 Å². The van der Waals surface area contributed by atoms with E-state index in [2.05, 4.69) is 0 Å². The second-order valence-electron chi connectivity index (χ2n) is 3.83. The van der Waals surface area contributed by atoms with Crippen molar-refractivity contribution in [3.05, 3.63) is 23.8 Å². The lowest BCUT2D eigenvalue weighted by Gasteiger charge is -2.13. The van der Waals surface area contributed by atoms with Crippen molar-refractivity contribution in [3.63, 3.8) is 0 Å². The summed E-state index contributed by atoms with van der Waals surface area (Å²) in [6, 6.07) is 5.20. The summed E-state index contributed by atoms with van der Waals surface area (Å²) in [6.45, 7) is 4.04. The summed E-state index contributed by atoms with van der Waals surface area (Å²) in [5.41, 5.74) is 6.95. The molecule has 16 heavy (non-hydrogen) atoms. The molecule has 0 radical (unpaired) electrons. The largest absolute Gasteiger partial charge is 0.497 e. The minimum atomic E-state index is 0.0655. The molecule has 0 saturated heterocycles. The maximum absolute atomic E-state index is 12.1. The van der Waals surface area contributed by atoms with Crippen molar-refractivity contribution in [1.82, 2.24) is 0 Å². The van der Waals surface area contributed by atoms with Crippen molar-refractivity contribution in [2.75, 3.05) is 12.8 Å². The molecule has 0 spiro atoms. The molecule has 0 saturated carbocycles. The molecule has 0 amide bonds. The van der Waals surface area contributed by atoms with Gasteiger partial charge in [-0.2, -0.15) is 0 Å². The van der Waals surface area contributed by atoms with Crippen LogP contribution in [0.2, 0.25) is 0 Å². The van der Waals surface area contributed by atoms with Gasteiger partial charge in [0.2, 0.25) is 0 Å². The molecular weight excluding hydrogens is 202 g/mol. The number of methoxy groups -OCH3 is 1. The molecule has 0 aromatic heterocycles. The van der Waals surface area contributed by atoms with Crippen LogP contribution in [-0.2, 0) is 0 Å². The average Bonchev–Trinajstić information content (AvgIpc) is 2.30. The lowest BCUT2D eigenvalue weighted by molar-refractivity contribution is 0.0914. The molecule has 0 fully saturated rings. The molecule has 88 valence electrons. The zero-order chi connectivity index (χ0) is 12.1. The van der Waals surface area contributed by atoms with E-state index in [0.29, 0.717) is 17.0 Å².